The van der Waals surface area contributed by atoms with Crippen LogP contribution in [0.2, 0.25) is 15.1 Å². The van der Waals surface area contributed by atoms with Crippen LogP contribution in [0.15, 0.2) is 89.9 Å². The molecule has 3 aromatic carbocycles. The molecule has 0 saturated carbocycles. The molecule has 0 radical (unpaired) electrons. The second kappa shape index (κ2) is 35.7. The number of carbonyl (C=O) groups excluding carboxylic acids is 6. The number of carbonyl (C=O) groups is 6. The summed E-state index contributed by atoms with van der Waals surface area (Å²) in [5.41, 5.74) is 9.68. The Hall–Kier alpha value is -5.43. The van der Waals surface area contributed by atoms with E-state index in [2.05, 4.69) is 161 Å². The van der Waals surface area contributed by atoms with Gasteiger partial charge in [-0.2, -0.15) is 0 Å². The molecule has 0 bridgehead atoms. The minimum Gasteiger partial charge on any atom is -0.466 e. The van der Waals surface area contributed by atoms with Crippen molar-refractivity contribution in [1.29, 1.82) is 0 Å². The van der Waals surface area contributed by atoms with Crippen LogP contribution in [0.25, 0.3) is 0 Å². The molecule has 1 unspecified atom stereocenters. The van der Waals surface area contributed by atoms with Crippen LogP contribution in [0.4, 0.5) is 0 Å². The van der Waals surface area contributed by atoms with Crippen molar-refractivity contribution in [2.24, 2.45) is 34.0 Å². The van der Waals surface area contributed by atoms with Gasteiger partial charge in [0.15, 0.2) is 0 Å². The minimum atomic E-state index is -0.419. The van der Waals surface area contributed by atoms with Gasteiger partial charge >= 0.3 is 17.9 Å². The first kappa shape index (κ1) is 82.8. The highest BCUT2D eigenvalue weighted by molar-refractivity contribution is 6.32. The van der Waals surface area contributed by atoms with E-state index in [9.17, 15) is 28.8 Å². The van der Waals surface area contributed by atoms with Crippen molar-refractivity contribution in [2.45, 2.75) is 246 Å². The highest BCUT2D eigenvalue weighted by atomic mass is 35.5. The number of halogens is 3. The minimum absolute atomic E-state index is 0. The standard InChI is InChI=1S/3C26H38ClNO3.CH4/c3*1-8-31-24(30)12-14-28-17-21(18(2)3)26(7,16-23(28)29)20-10-9-19(22(27)15-20)11-13-25(4,5)6;/h3*9-10,15,17-18H,8,11-14,16H2,1-7H3;1H4/t2*26-;;/m10../s1. The summed E-state index contributed by atoms with van der Waals surface area (Å²) >= 11 is 20.0. The summed E-state index contributed by atoms with van der Waals surface area (Å²) in [6.07, 6.45) is 13.5. The number of hydrogen-bond donors (Lipinski definition) is 0. The molecule has 3 heterocycles. The molecule has 524 valence electrons. The van der Waals surface area contributed by atoms with Gasteiger partial charge in [-0.1, -0.05) is 203 Å². The van der Waals surface area contributed by atoms with Gasteiger partial charge in [-0.3, -0.25) is 28.8 Å². The lowest BCUT2D eigenvalue weighted by atomic mass is 9.68. The van der Waals surface area contributed by atoms with Crippen molar-refractivity contribution in [3.63, 3.8) is 0 Å². The van der Waals surface area contributed by atoms with Crippen molar-refractivity contribution < 1.29 is 43.0 Å². The lowest BCUT2D eigenvalue weighted by molar-refractivity contribution is -0.145. The van der Waals surface area contributed by atoms with Gasteiger partial charge in [-0.15, -0.1) is 0 Å². The highest BCUT2D eigenvalue weighted by Gasteiger charge is 2.43. The zero-order valence-electron chi connectivity index (χ0n) is 60.5. The molecule has 3 aliphatic heterocycles. The van der Waals surface area contributed by atoms with Gasteiger partial charge in [0, 0.05) is 88.8 Å². The molecular formula is C79H118Cl3N3O9. The summed E-state index contributed by atoms with van der Waals surface area (Å²) in [6, 6.07) is 18.8. The van der Waals surface area contributed by atoms with Gasteiger partial charge in [0.2, 0.25) is 17.7 Å². The summed E-state index contributed by atoms with van der Waals surface area (Å²) in [5.74, 6) is -0.0210. The summed E-state index contributed by atoms with van der Waals surface area (Å²) in [4.78, 5) is 79.2. The van der Waals surface area contributed by atoms with Crippen LogP contribution in [-0.2, 0) is 78.5 Å². The van der Waals surface area contributed by atoms with Crippen molar-refractivity contribution in [2.75, 3.05) is 39.5 Å². The first-order valence-electron chi connectivity index (χ1n) is 34.0. The number of hydrogen-bond acceptors (Lipinski definition) is 9. The molecule has 15 heteroatoms. The molecule has 3 amide bonds. The Labute approximate surface area is 582 Å². The van der Waals surface area contributed by atoms with Gasteiger partial charge in [-0.25, -0.2) is 0 Å². The van der Waals surface area contributed by atoms with Crippen LogP contribution in [0.5, 0.6) is 0 Å². The van der Waals surface area contributed by atoms with E-state index in [0.717, 1.165) is 87.0 Å². The van der Waals surface area contributed by atoms with Crippen LogP contribution in [0, 0.1) is 34.0 Å². The van der Waals surface area contributed by atoms with E-state index in [1.165, 1.54) is 16.7 Å². The van der Waals surface area contributed by atoms with Crippen LogP contribution in [-0.4, -0.2) is 89.8 Å². The fraction of sp³-hybridized carbons (Fsp3) is 0.620. The van der Waals surface area contributed by atoms with Crippen molar-refractivity contribution in [3.05, 3.63) is 138 Å². The number of rotatable bonds is 24. The van der Waals surface area contributed by atoms with Crippen LogP contribution in [0.1, 0.15) is 244 Å². The molecule has 3 aliphatic rings. The maximum atomic E-state index is 13.0. The molecule has 12 nitrogen and oxygen atoms in total. The molecule has 3 atom stereocenters. The molecule has 3 aromatic rings. The van der Waals surface area contributed by atoms with Gasteiger partial charge in [-0.05, 0) is 162 Å². The third kappa shape index (κ3) is 24.0. The Morgan fingerprint density at radius 3 is 0.840 bits per heavy atom. The summed E-state index contributed by atoms with van der Waals surface area (Å²) < 4.78 is 15.0. The monoisotopic (exact) mass is 1360 g/mol. The average molecular weight is 1360 g/mol. The Bertz CT molecular complexity index is 2840. The summed E-state index contributed by atoms with van der Waals surface area (Å²) in [5, 5.41) is 2.30. The fourth-order valence-corrected chi connectivity index (χ4v) is 13.4. The zero-order valence-corrected chi connectivity index (χ0v) is 62.8. The maximum absolute atomic E-state index is 13.0. The summed E-state index contributed by atoms with van der Waals surface area (Å²) in [6.45, 7) is 46.8. The van der Waals surface area contributed by atoms with Crippen molar-refractivity contribution in [3.8, 4) is 0 Å². The predicted octanol–water partition coefficient (Wildman–Crippen LogP) is 19.5. The number of ether oxygens (including phenoxy) is 3. The molecule has 94 heavy (non-hydrogen) atoms. The van der Waals surface area contributed by atoms with Gasteiger partial charge < -0.3 is 28.9 Å². The number of aryl methyl sites for hydroxylation is 3. The molecule has 0 N–H and O–H groups in total. The zero-order chi connectivity index (χ0) is 70.2. The van der Waals surface area contributed by atoms with Crippen molar-refractivity contribution in [1.82, 2.24) is 14.7 Å². The second-order valence-electron chi connectivity index (χ2n) is 30.8. The molecule has 0 aromatic heterocycles. The second-order valence-corrected chi connectivity index (χ2v) is 32.0. The lowest BCUT2D eigenvalue weighted by Crippen LogP contribution is -2.42. The number of amides is 3. The third-order valence-corrected chi connectivity index (χ3v) is 19.3. The average Bonchev–Trinajstić information content (AvgIpc) is 0.776. The largest absolute Gasteiger partial charge is 0.466 e. The highest BCUT2D eigenvalue weighted by Crippen LogP contribution is 2.47. The Morgan fingerprint density at radius 2 is 0.660 bits per heavy atom. The van der Waals surface area contributed by atoms with Crippen LogP contribution >= 0.6 is 34.8 Å². The van der Waals surface area contributed by atoms with Gasteiger partial charge in [0.05, 0.1) is 39.1 Å². The Kier molecular flexibility index (Phi) is 31.5. The predicted molar refractivity (Wildman–Crippen MR) is 388 cm³/mol. The van der Waals surface area contributed by atoms with E-state index in [1.807, 2.05) is 36.8 Å². The molecule has 0 fully saturated rings. The fourth-order valence-electron chi connectivity index (χ4n) is 12.5. The first-order valence-corrected chi connectivity index (χ1v) is 35.1. The summed E-state index contributed by atoms with van der Waals surface area (Å²) in [7, 11) is 0. The SMILES string of the molecule is C.CCOC(=O)CCN1C=C(C(C)C)C(C)(c2ccc(CCC(C)(C)C)c(Cl)c2)CC1=O.CCOC(=O)CCN1C=C(C(C)C)[C@@](C)(c2ccc(CCC(C)(C)C)c(Cl)c2)CC1=O.CCOC(=O)CCN1C=C(C(C)C)[C@](C)(c2ccc(CCC(C)(C)C)c(Cl)c2)CC1=O. The van der Waals surface area contributed by atoms with E-state index in [-0.39, 0.29) is 96.3 Å². The number of nitrogens with zero attached hydrogens (tertiary/aromatic N) is 3. The Balaban J connectivity index is 0.000000366. The number of benzene rings is 3. The van der Waals surface area contributed by atoms with Crippen LogP contribution < -0.4 is 0 Å². The smallest absolute Gasteiger partial charge is 0.307 e. The first-order chi connectivity index (χ1) is 43.1. The maximum Gasteiger partial charge on any atom is 0.307 e. The lowest BCUT2D eigenvalue weighted by Gasteiger charge is -2.41. The molecule has 6 rings (SSSR count). The quantitative estimate of drug-likeness (QED) is 0.0633. The van der Waals surface area contributed by atoms with E-state index < -0.39 is 16.2 Å². The van der Waals surface area contributed by atoms with Gasteiger partial charge in [0.25, 0.3) is 0 Å². The van der Waals surface area contributed by atoms with E-state index in [1.54, 1.807) is 35.5 Å². The molecular weight excluding hydrogens is 1240 g/mol. The molecule has 0 aliphatic carbocycles. The van der Waals surface area contributed by atoms with Crippen LogP contribution in [0.3, 0.4) is 0 Å². The Morgan fingerprint density at radius 1 is 0.436 bits per heavy atom. The van der Waals surface area contributed by atoms with Gasteiger partial charge in [0.1, 0.15) is 0 Å². The van der Waals surface area contributed by atoms with E-state index in [4.69, 9.17) is 49.0 Å². The topological polar surface area (TPSA) is 140 Å². The number of esters is 3. The molecule has 0 spiro atoms. The molecule has 0 saturated heterocycles. The normalized spacial score (nSPS) is 19.4. The van der Waals surface area contributed by atoms with E-state index in [0.29, 0.717) is 58.7 Å². The van der Waals surface area contributed by atoms with Crippen molar-refractivity contribution >= 4 is 70.4 Å². The number of allylic oxidation sites excluding steroid dienone is 3. The van der Waals surface area contributed by atoms with E-state index >= 15 is 0 Å². The third-order valence-electron chi connectivity index (χ3n) is 18.2.